The molecule has 1 fully saturated rings. The molecule has 5 rings (SSSR count). The fourth-order valence-corrected chi connectivity index (χ4v) is 4.42. The first-order chi connectivity index (χ1) is 15.5. The number of fused-ring (bicyclic) bond motifs is 2. The number of β-amino-alcohol motifs (C(OH)–C–C–N with tert-alkyl or cyclic N) is 1. The van der Waals surface area contributed by atoms with Gasteiger partial charge in [-0.3, -0.25) is 14.6 Å². The van der Waals surface area contributed by atoms with Crippen molar-refractivity contribution in [2.24, 2.45) is 0 Å². The van der Waals surface area contributed by atoms with Crippen molar-refractivity contribution in [3.63, 3.8) is 0 Å². The second-order valence-electron chi connectivity index (χ2n) is 8.29. The lowest BCUT2D eigenvalue weighted by Crippen LogP contribution is -2.46. The third kappa shape index (κ3) is 3.81. The smallest absolute Gasteiger partial charge is 0.232 e. The molecule has 2 aromatic rings. The third-order valence-electron chi connectivity index (χ3n) is 6.18. The lowest BCUT2D eigenvalue weighted by Gasteiger charge is -2.34. The van der Waals surface area contributed by atoms with E-state index in [4.69, 9.17) is 19.3 Å². The lowest BCUT2D eigenvalue weighted by molar-refractivity contribution is 0.101. The number of phenols is 1. The van der Waals surface area contributed by atoms with E-state index in [9.17, 15) is 9.90 Å². The number of hydrogen-bond donors (Lipinski definition) is 2. The Hall–Kier alpha value is -3.07. The summed E-state index contributed by atoms with van der Waals surface area (Å²) in [7, 11) is 0. The minimum Gasteiger partial charge on any atom is -0.507 e. The van der Waals surface area contributed by atoms with E-state index in [2.05, 4.69) is 9.80 Å². The van der Waals surface area contributed by atoms with E-state index in [0.29, 0.717) is 47.0 Å². The average molecular weight is 438 g/mol. The molecule has 0 saturated carbocycles. The van der Waals surface area contributed by atoms with Gasteiger partial charge in [0.1, 0.15) is 11.5 Å². The van der Waals surface area contributed by atoms with Gasteiger partial charge in [0.15, 0.2) is 17.3 Å². The number of Topliss-reactive ketones (excluding diaryl/α,β-unsaturated/α-hetero) is 1. The maximum atomic E-state index is 13.2. The Bertz CT molecular complexity index is 1090. The topological polar surface area (TPSA) is 91.7 Å². The van der Waals surface area contributed by atoms with Crippen LogP contribution in [0.1, 0.15) is 27.0 Å². The SMILES string of the molecule is Cc1cc(O)c(CN2CCN(CCO)CC2)c2c1C(=O)/C(=C/c1ccc3c(c1)OCO3)O2. The molecule has 2 N–H and O–H groups in total. The molecule has 0 unspecified atom stereocenters. The van der Waals surface area contributed by atoms with Gasteiger partial charge in [0.05, 0.1) is 17.7 Å². The van der Waals surface area contributed by atoms with E-state index in [1.165, 1.54) is 0 Å². The van der Waals surface area contributed by atoms with Gasteiger partial charge < -0.3 is 24.4 Å². The minimum atomic E-state index is -0.191. The van der Waals surface area contributed by atoms with Crippen LogP contribution in [0.3, 0.4) is 0 Å². The van der Waals surface area contributed by atoms with E-state index >= 15 is 0 Å². The van der Waals surface area contributed by atoms with Gasteiger partial charge in [0, 0.05) is 39.3 Å². The molecule has 0 spiro atoms. The Morgan fingerprint density at radius 3 is 2.59 bits per heavy atom. The first-order valence-corrected chi connectivity index (χ1v) is 10.8. The number of benzene rings is 2. The number of piperazine rings is 1. The number of nitrogens with zero attached hydrogens (tertiary/aromatic N) is 2. The molecule has 0 aromatic heterocycles. The fourth-order valence-electron chi connectivity index (χ4n) is 4.42. The molecule has 0 bridgehead atoms. The first kappa shape index (κ1) is 20.8. The summed E-state index contributed by atoms with van der Waals surface area (Å²) < 4.78 is 16.8. The van der Waals surface area contributed by atoms with Crippen molar-refractivity contribution >= 4 is 11.9 Å². The first-order valence-electron chi connectivity index (χ1n) is 10.8. The zero-order chi connectivity index (χ0) is 22.2. The number of allylic oxidation sites excluding steroid dienone is 1. The Kier molecular flexibility index (Phi) is 5.50. The fraction of sp³-hybridized carbons (Fsp3) is 0.375. The molecule has 0 amide bonds. The second kappa shape index (κ2) is 8.46. The van der Waals surface area contributed by atoms with Crippen LogP contribution in [0.15, 0.2) is 30.0 Å². The average Bonchev–Trinajstić information content (AvgIpc) is 3.37. The zero-order valence-corrected chi connectivity index (χ0v) is 18.0. The summed E-state index contributed by atoms with van der Waals surface area (Å²) in [5.74, 6) is 1.92. The molecule has 8 nitrogen and oxygen atoms in total. The zero-order valence-electron chi connectivity index (χ0n) is 18.0. The van der Waals surface area contributed by atoms with Crippen molar-refractivity contribution in [1.82, 2.24) is 9.80 Å². The molecule has 2 aromatic carbocycles. The molecule has 0 aliphatic carbocycles. The highest BCUT2D eigenvalue weighted by Gasteiger charge is 2.34. The maximum Gasteiger partial charge on any atom is 0.232 e. The number of ether oxygens (including phenoxy) is 3. The summed E-state index contributed by atoms with van der Waals surface area (Å²) in [6.07, 6.45) is 1.69. The van der Waals surface area contributed by atoms with E-state index in [1.807, 2.05) is 12.1 Å². The highest BCUT2D eigenvalue weighted by molar-refractivity contribution is 6.15. The highest BCUT2D eigenvalue weighted by atomic mass is 16.7. The predicted molar refractivity (Wildman–Crippen MR) is 117 cm³/mol. The highest BCUT2D eigenvalue weighted by Crippen LogP contribution is 2.43. The van der Waals surface area contributed by atoms with Crippen LogP contribution in [-0.2, 0) is 6.54 Å². The Labute approximate surface area is 186 Å². The molecule has 8 heteroatoms. The van der Waals surface area contributed by atoms with Gasteiger partial charge in [-0.15, -0.1) is 0 Å². The van der Waals surface area contributed by atoms with E-state index in [1.54, 1.807) is 25.1 Å². The molecule has 3 heterocycles. The number of phenolic OH excluding ortho intramolecular Hbond substituents is 1. The lowest BCUT2D eigenvalue weighted by atomic mass is 9.99. The standard InChI is InChI=1S/C24H26N2O6/c1-15-10-18(28)17(13-26-6-4-25(5-7-26)8-9-27)24-22(15)23(29)21(32-24)12-16-2-3-19-20(11-16)31-14-30-19/h2-3,10-12,27-28H,4-9,13-14H2,1H3/b21-12-. The monoisotopic (exact) mass is 438 g/mol. The van der Waals surface area contributed by atoms with Crippen LogP contribution in [0.2, 0.25) is 0 Å². The number of aliphatic hydroxyl groups is 1. The number of carbonyl (C=O) groups excluding carboxylic acids is 1. The quantitative estimate of drug-likeness (QED) is 0.687. The van der Waals surface area contributed by atoms with Crippen LogP contribution in [0, 0.1) is 6.92 Å². The van der Waals surface area contributed by atoms with Crippen LogP contribution >= 0.6 is 0 Å². The van der Waals surface area contributed by atoms with Gasteiger partial charge in [0.2, 0.25) is 12.6 Å². The summed E-state index contributed by atoms with van der Waals surface area (Å²) in [5, 5.41) is 19.8. The molecular formula is C24H26N2O6. The largest absolute Gasteiger partial charge is 0.507 e. The van der Waals surface area contributed by atoms with Gasteiger partial charge in [0.25, 0.3) is 0 Å². The predicted octanol–water partition coefficient (Wildman–Crippen LogP) is 2.16. The van der Waals surface area contributed by atoms with Crippen molar-refractivity contribution in [2.75, 3.05) is 46.1 Å². The maximum absolute atomic E-state index is 13.2. The van der Waals surface area contributed by atoms with Crippen molar-refractivity contribution < 1.29 is 29.2 Å². The van der Waals surface area contributed by atoms with Gasteiger partial charge in [-0.2, -0.15) is 0 Å². The summed E-state index contributed by atoms with van der Waals surface area (Å²) in [4.78, 5) is 17.6. The molecule has 3 aliphatic heterocycles. The Morgan fingerprint density at radius 1 is 1.06 bits per heavy atom. The van der Waals surface area contributed by atoms with Gasteiger partial charge >= 0.3 is 0 Å². The van der Waals surface area contributed by atoms with E-state index < -0.39 is 0 Å². The number of carbonyl (C=O) groups is 1. The van der Waals surface area contributed by atoms with E-state index in [0.717, 1.165) is 31.7 Å². The Morgan fingerprint density at radius 2 is 1.81 bits per heavy atom. The minimum absolute atomic E-state index is 0.135. The number of hydrogen-bond acceptors (Lipinski definition) is 8. The van der Waals surface area contributed by atoms with Gasteiger partial charge in [-0.25, -0.2) is 0 Å². The molecule has 1 saturated heterocycles. The van der Waals surface area contributed by atoms with Crippen LogP contribution < -0.4 is 14.2 Å². The second-order valence-corrected chi connectivity index (χ2v) is 8.29. The van der Waals surface area contributed by atoms with Crippen molar-refractivity contribution in [3.8, 4) is 23.0 Å². The van der Waals surface area contributed by atoms with Crippen LogP contribution in [0.5, 0.6) is 23.0 Å². The molecular weight excluding hydrogens is 412 g/mol. The van der Waals surface area contributed by atoms with E-state index in [-0.39, 0.29) is 30.7 Å². The van der Waals surface area contributed by atoms with Crippen LogP contribution in [0.4, 0.5) is 0 Å². The number of rotatable bonds is 5. The van der Waals surface area contributed by atoms with Gasteiger partial charge in [-0.1, -0.05) is 6.07 Å². The number of aromatic hydroxyl groups is 1. The number of ketones is 1. The third-order valence-corrected chi connectivity index (χ3v) is 6.18. The van der Waals surface area contributed by atoms with Crippen LogP contribution in [-0.4, -0.2) is 71.9 Å². The van der Waals surface area contributed by atoms with Crippen molar-refractivity contribution in [2.45, 2.75) is 13.5 Å². The number of aryl methyl sites for hydroxylation is 1. The summed E-state index contributed by atoms with van der Waals surface area (Å²) in [5.41, 5.74) is 2.59. The summed E-state index contributed by atoms with van der Waals surface area (Å²) in [6.45, 7) is 6.64. The molecule has 32 heavy (non-hydrogen) atoms. The molecule has 0 atom stereocenters. The normalized spacial score (nSPS) is 19.4. The summed E-state index contributed by atoms with van der Waals surface area (Å²) in [6, 6.07) is 7.10. The van der Waals surface area contributed by atoms with Crippen molar-refractivity contribution in [3.05, 3.63) is 52.3 Å². The molecule has 0 radical (unpaired) electrons. The summed E-state index contributed by atoms with van der Waals surface area (Å²) >= 11 is 0. The molecule has 168 valence electrons. The van der Waals surface area contributed by atoms with Crippen molar-refractivity contribution in [1.29, 1.82) is 0 Å². The Balaban J connectivity index is 1.40. The van der Waals surface area contributed by atoms with Crippen LogP contribution in [0.25, 0.3) is 6.08 Å². The number of aliphatic hydroxyl groups excluding tert-OH is 1. The molecule has 3 aliphatic rings. The van der Waals surface area contributed by atoms with Gasteiger partial charge in [-0.05, 0) is 42.3 Å².